The summed E-state index contributed by atoms with van der Waals surface area (Å²) in [5.41, 5.74) is 2.58. The molecule has 11 heteroatoms. The maximum atomic E-state index is 13.2. The Hall–Kier alpha value is -4.02. The van der Waals surface area contributed by atoms with Crippen molar-refractivity contribution in [1.29, 1.82) is 0 Å². The topological polar surface area (TPSA) is 179 Å². The molecule has 0 aromatic carbocycles. The number of aromatic nitrogens is 2. The minimum atomic E-state index is -1.29. The van der Waals surface area contributed by atoms with Crippen molar-refractivity contribution in [1.82, 2.24) is 15.3 Å². The van der Waals surface area contributed by atoms with E-state index in [1.54, 1.807) is 19.3 Å². The van der Waals surface area contributed by atoms with Crippen molar-refractivity contribution in [3.63, 3.8) is 0 Å². The second kappa shape index (κ2) is 17.8. The van der Waals surface area contributed by atoms with Gasteiger partial charge in [-0.05, 0) is 55.4 Å². The number of hydrogen-bond acceptors (Lipinski definition) is 7. The number of carboxylic acids is 3. The third-order valence-corrected chi connectivity index (χ3v) is 8.18. The number of pyridine rings is 2. The van der Waals surface area contributed by atoms with Crippen molar-refractivity contribution in [2.24, 2.45) is 35.5 Å². The van der Waals surface area contributed by atoms with Crippen LogP contribution in [0.25, 0.3) is 11.4 Å². The third kappa shape index (κ3) is 11.0. The van der Waals surface area contributed by atoms with Crippen molar-refractivity contribution in [3.8, 4) is 11.4 Å². The van der Waals surface area contributed by atoms with Crippen molar-refractivity contribution in [3.05, 3.63) is 42.7 Å². The lowest BCUT2D eigenvalue weighted by molar-refractivity contribution is -0.157. The number of hydrogen-bond donors (Lipinski definition) is 5. The molecular formula is C32H46N4O7. The van der Waals surface area contributed by atoms with E-state index < -0.39 is 47.5 Å². The van der Waals surface area contributed by atoms with E-state index in [9.17, 15) is 34.5 Å². The predicted molar refractivity (Wildman–Crippen MR) is 163 cm³/mol. The second-order valence-corrected chi connectivity index (χ2v) is 11.3. The second-order valence-electron chi connectivity index (χ2n) is 11.3. The number of carbonyl (C=O) groups excluding carboxylic acids is 1. The Balaban J connectivity index is 1.85. The highest BCUT2D eigenvalue weighted by atomic mass is 16.4. The quantitative estimate of drug-likeness (QED) is 0.130. The number of aliphatic carboxylic acids is 3. The summed E-state index contributed by atoms with van der Waals surface area (Å²) in [6, 6.07) is 9.57. The SMILES string of the molecule is CCC(C)C(C(=O)NCCCCCCNc1ccnc(-c2ccccn2)c1)C(CC(C)C(C(=O)O)C(C)C(=O)O)C(=O)O. The molecule has 0 saturated heterocycles. The molecule has 1 amide bonds. The zero-order valence-corrected chi connectivity index (χ0v) is 25.5. The van der Waals surface area contributed by atoms with E-state index in [0.717, 1.165) is 49.3 Å². The Bertz CT molecular complexity index is 1190. The van der Waals surface area contributed by atoms with Gasteiger partial charge in [-0.3, -0.25) is 29.1 Å². The van der Waals surface area contributed by atoms with Gasteiger partial charge >= 0.3 is 17.9 Å². The fourth-order valence-corrected chi connectivity index (χ4v) is 5.50. The standard InChI is InChI=1S/C32H46N4O7/c1-5-20(2)28(24(31(40)41)18-21(3)27(32(42)43)22(4)30(38)39)29(37)36-16-10-7-6-9-14-33-23-13-17-35-26(19-23)25-12-8-11-15-34-25/h8,11-13,15,17,19-22,24,27-28H,5-7,9-10,14,16,18H2,1-4H3,(H,33,35)(H,36,37)(H,38,39)(H,40,41)(H,42,43). The average Bonchev–Trinajstić information content (AvgIpc) is 2.98. The minimum absolute atomic E-state index is 0.111. The van der Waals surface area contributed by atoms with E-state index in [1.807, 2.05) is 44.2 Å². The van der Waals surface area contributed by atoms with Gasteiger partial charge in [-0.25, -0.2) is 0 Å². The van der Waals surface area contributed by atoms with E-state index in [1.165, 1.54) is 6.92 Å². The Morgan fingerprint density at radius 2 is 1.44 bits per heavy atom. The first-order valence-electron chi connectivity index (χ1n) is 15.0. The molecule has 0 spiro atoms. The molecule has 6 unspecified atom stereocenters. The van der Waals surface area contributed by atoms with Crippen LogP contribution in [0.3, 0.4) is 0 Å². The average molecular weight is 599 g/mol. The molecule has 0 saturated carbocycles. The molecular weight excluding hydrogens is 552 g/mol. The minimum Gasteiger partial charge on any atom is -0.481 e. The van der Waals surface area contributed by atoms with Gasteiger partial charge in [0.15, 0.2) is 0 Å². The normalized spacial score (nSPS) is 15.3. The molecule has 11 nitrogen and oxygen atoms in total. The number of unbranched alkanes of at least 4 members (excludes halogenated alkanes) is 3. The maximum absolute atomic E-state index is 13.2. The lowest BCUT2D eigenvalue weighted by Crippen LogP contribution is -2.43. The van der Waals surface area contributed by atoms with Crippen LogP contribution in [-0.2, 0) is 19.2 Å². The Morgan fingerprint density at radius 1 is 0.767 bits per heavy atom. The van der Waals surface area contributed by atoms with E-state index in [-0.39, 0.29) is 18.2 Å². The first kappa shape index (κ1) is 35.2. The van der Waals surface area contributed by atoms with E-state index >= 15 is 0 Å². The number of carboxylic acid groups (broad SMARTS) is 3. The molecule has 2 aromatic rings. The summed E-state index contributed by atoms with van der Waals surface area (Å²) in [4.78, 5) is 57.6. The van der Waals surface area contributed by atoms with Gasteiger partial charge in [0.05, 0.1) is 35.1 Å². The molecule has 2 heterocycles. The van der Waals surface area contributed by atoms with Crippen molar-refractivity contribution < 1.29 is 34.5 Å². The lowest BCUT2D eigenvalue weighted by Gasteiger charge is -2.32. The monoisotopic (exact) mass is 598 g/mol. The van der Waals surface area contributed by atoms with Crippen LogP contribution in [-0.4, -0.2) is 62.2 Å². The van der Waals surface area contributed by atoms with E-state index in [4.69, 9.17) is 0 Å². The van der Waals surface area contributed by atoms with Crippen LogP contribution in [0, 0.1) is 35.5 Å². The molecule has 0 radical (unpaired) electrons. The van der Waals surface area contributed by atoms with Gasteiger partial charge in [-0.2, -0.15) is 0 Å². The maximum Gasteiger partial charge on any atom is 0.307 e. The number of nitrogens with zero attached hydrogens (tertiary/aromatic N) is 2. The van der Waals surface area contributed by atoms with E-state index in [0.29, 0.717) is 13.0 Å². The van der Waals surface area contributed by atoms with Gasteiger partial charge in [-0.15, -0.1) is 0 Å². The van der Waals surface area contributed by atoms with Crippen LogP contribution in [0.2, 0.25) is 0 Å². The summed E-state index contributed by atoms with van der Waals surface area (Å²) in [7, 11) is 0. The molecule has 0 bridgehead atoms. The molecule has 43 heavy (non-hydrogen) atoms. The Morgan fingerprint density at radius 3 is 2.02 bits per heavy atom. The third-order valence-electron chi connectivity index (χ3n) is 8.18. The fourth-order valence-electron chi connectivity index (χ4n) is 5.50. The first-order chi connectivity index (χ1) is 20.5. The smallest absolute Gasteiger partial charge is 0.307 e. The Kier molecular flexibility index (Phi) is 14.6. The van der Waals surface area contributed by atoms with Gasteiger partial charge in [0.1, 0.15) is 0 Å². The molecule has 0 aliphatic rings. The number of carbonyl (C=O) groups is 4. The highest BCUT2D eigenvalue weighted by Crippen LogP contribution is 2.34. The highest BCUT2D eigenvalue weighted by Gasteiger charge is 2.42. The number of anilines is 1. The number of nitrogens with one attached hydrogen (secondary N) is 2. The van der Waals surface area contributed by atoms with Gasteiger partial charge in [0, 0.05) is 31.2 Å². The lowest BCUT2D eigenvalue weighted by atomic mass is 9.72. The summed E-state index contributed by atoms with van der Waals surface area (Å²) >= 11 is 0. The summed E-state index contributed by atoms with van der Waals surface area (Å²) in [6.07, 6.45) is 7.45. The molecule has 236 valence electrons. The van der Waals surface area contributed by atoms with Gasteiger partial charge in [0.25, 0.3) is 0 Å². The molecule has 0 aliphatic carbocycles. The molecule has 0 fully saturated rings. The molecule has 2 aromatic heterocycles. The predicted octanol–water partition coefficient (Wildman–Crippen LogP) is 5.04. The van der Waals surface area contributed by atoms with Crippen molar-refractivity contribution in [2.75, 3.05) is 18.4 Å². The first-order valence-corrected chi connectivity index (χ1v) is 15.0. The van der Waals surface area contributed by atoms with Crippen LogP contribution in [0.15, 0.2) is 42.7 Å². The van der Waals surface area contributed by atoms with Crippen LogP contribution in [0.5, 0.6) is 0 Å². The fraction of sp³-hybridized carbons (Fsp3) is 0.562. The summed E-state index contributed by atoms with van der Waals surface area (Å²) < 4.78 is 0. The van der Waals surface area contributed by atoms with E-state index in [2.05, 4.69) is 20.6 Å². The van der Waals surface area contributed by atoms with Gasteiger partial charge < -0.3 is 26.0 Å². The number of rotatable bonds is 20. The molecule has 6 atom stereocenters. The van der Waals surface area contributed by atoms with Crippen LogP contribution < -0.4 is 10.6 Å². The van der Waals surface area contributed by atoms with Gasteiger partial charge in [-0.1, -0.05) is 53.0 Å². The summed E-state index contributed by atoms with van der Waals surface area (Å²) in [5, 5.41) is 35.4. The molecule has 5 N–H and O–H groups in total. The van der Waals surface area contributed by atoms with Crippen molar-refractivity contribution >= 4 is 29.5 Å². The van der Waals surface area contributed by atoms with Gasteiger partial charge in [0.2, 0.25) is 5.91 Å². The zero-order valence-electron chi connectivity index (χ0n) is 25.5. The summed E-state index contributed by atoms with van der Waals surface area (Å²) in [6.45, 7) is 7.73. The largest absolute Gasteiger partial charge is 0.481 e. The molecule has 2 rings (SSSR count). The Labute approximate surface area is 253 Å². The zero-order chi connectivity index (χ0) is 31.9. The van der Waals surface area contributed by atoms with Crippen LogP contribution >= 0.6 is 0 Å². The molecule has 0 aliphatic heterocycles. The van der Waals surface area contributed by atoms with Crippen LogP contribution in [0.1, 0.15) is 66.2 Å². The number of amides is 1. The van der Waals surface area contributed by atoms with Crippen molar-refractivity contribution in [2.45, 2.75) is 66.2 Å². The van der Waals surface area contributed by atoms with Crippen LogP contribution in [0.4, 0.5) is 5.69 Å². The highest BCUT2D eigenvalue weighted by molar-refractivity contribution is 5.85. The summed E-state index contributed by atoms with van der Waals surface area (Å²) in [5.74, 6) is -9.57.